The molecule has 0 fully saturated rings. The lowest BCUT2D eigenvalue weighted by molar-refractivity contribution is 0.149. The van der Waals surface area contributed by atoms with Crippen molar-refractivity contribution in [3.8, 4) is 11.6 Å². The number of hydrogen-bond acceptors (Lipinski definition) is 5. The Balaban J connectivity index is 1.43. The molecule has 1 atom stereocenters. The first-order chi connectivity index (χ1) is 12.8. The first-order valence-corrected chi connectivity index (χ1v) is 8.79. The molecule has 0 saturated heterocycles. The number of aliphatic hydroxyl groups is 1. The highest BCUT2D eigenvalue weighted by atomic mass is 16.5. The average Bonchev–Trinajstić information content (AvgIpc) is 2.83. The highest BCUT2D eigenvalue weighted by Gasteiger charge is 2.20. The van der Waals surface area contributed by atoms with Gasteiger partial charge < -0.3 is 9.84 Å². The van der Waals surface area contributed by atoms with Gasteiger partial charge in [0, 0.05) is 32.0 Å². The SMILES string of the molecule is OC1CCN(Cc2ccc(Oc3cnccn3)cc2)Cc2ccccc21. The molecule has 4 rings (SSSR count). The maximum Gasteiger partial charge on any atom is 0.237 e. The first-order valence-electron chi connectivity index (χ1n) is 8.79. The predicted octanol–water partition coefficient (Wildman–Crippen LogP) is 3.71. The van der Waals surface area contributed by atoms with Gasteiger partial charge in [-0.3, -0.25) is 9.88 Å². The van der Waals surface area contributed by atoms with Crippen molar-refractivity contribution in [3.05, 3.63) is 83.8 Å². The van der Waals surface area contributed by atoms with Crippen molar-refractivity contribution in [3.63, 3.8) is 0 Å². The Morgan fingerprint density at radius 1 is 1.08 bits per heavy atom. The van der Waals surface area contributed by atoms with E-state index in [0.717, 1.165) is 37.4 Å². The van der Waals surface area contributed by atoms with E-state index in [1.165, 1.54) is 11.1 Å². The summed E-state index contributed by atoms with van der Waals surface area (Å²) in [5.74, 6) is 1.23. The summed E-state index contributed by atoms with van der Waals surface area (Å²) in [4.78, 5) is 10.5. The summed E-state index contributed by atoms with van der Waals surface area (Å²) in [7, 11) is 0. The van der Waals surface area contributed by atoms with Crippen molar-refractivity contribution in [2.24, 2.45) is 0 Å². The van der Waals surface area contributed by atoms with E-state index in [1.807, 2.05) is 30.3 Å². The van der Waals surface area contributed by atoms with Crippen molar-refractivity contribution in [1.29, 1.82) is 0 Å². The Morgan fingerprint density at radius 3 is 2.73 bits per heavy atom. The quantitative estimate of drug-likeness (QED) is 0.780. The fourth-order valence-electron chi connectivity index (χ4n) is 3.30. The smallest absolute Gasteiger partial charge is 0.237 e. The zero-order valence-electron chi connectivity index (χ0n) is 14.5. The number of benzene rings is 2. The molecule has 1 aliphatic rings. The molecule has 0 bridgehead atoms. The highest BCUT2D eigenvalue weighted by Crippen LogP contribution is 2.27. The van der Waals surface area contributed by atoms with E-state index in [0.29, 0.717) is 5.88 Å². The Morgan fingerprint density at radius 2 is 1.92 bits per heavy atom. The lowest BCUT2D eigenvalue weighted by Gasteiger charge is -2.20. The van der Waals surface area contributed by atoms with E-state index in [-0.39, 0.29) is 6.10 Å². The minimum absolute atomic E-state index is 0.376. The molecule has 2 heterocycles. The molecule has 1 aliphatic heterocycles. The van der Waals surface area contributed by atoms with E-state index >= 15 is 0 Å². The molecule has 1 aromatic heterocycles. The van der Waals surface area contributed by atoms with E-state index in [9.17, 15) is 5.11 Å². The van der Waals surface area contributed by atoms with Crippen molar-refractivity contribution >= 4 is 0 Å². The van der Waals surface area contributed by atoms with Crippen LogP contribution in [0, 0.1) is 0 Å². The number of ether oxygens (including phenoxy) is 1. The van der Waals surface area contributed by atoms with Crippen molar-refractivity contribution in [2.75, 3.05) is 6.54 Å². The summed E-state index contributed by atoms with van der Waals surface area (Å²) in [5, 5.41) is 10.3. The van der Waals surface area contributed by atoms with Gasteiger partial charge in [-0.15, -0.1) is 0 Å². The molecule has 0 saturated carbocycles. The van der Waals surface area contributed by atoms with Crippen molar-refractivity contribution < 1.29 is 9.84 Å². The Labute approximate surface area is 152 Å². The molecule has 0 amide bonds. The number of aliphatic hydroxyl groups excluding tert-OH is 1. The van der Waals surface area contributed by atoms with E-state index in [2.05, 4.69) is 33.1 Å². The van der Waals surface area contributed by atoms with Crippen LogP contribution in [0.1, 0.15) is 29.2 Å². The van der Waals surface area contributed by atoms with Gasteiger partial charge >= 0.3 is 0 Å². The Kier molecular flexibility index (Phi) is 4.91. The fraction of sp³-hybridized carbons (Fsp3) is 0.238. The highest BCUT2D eigenvalue weighted by molar-refractivity contribution is 5.32. The molecular formula is C21H21N3O2. The van der Waals surface area contributed by atoms with E-state index in [4.69, 9.17) is 4.74 Å². The number of fused-ring (bicyclic) bond motifs is 1. The van der Waals surface area contributed by atoms with Gasteiger partial charge in [0.1, 0.15) is 5.75 Å². The number of hydrogen-bond donors (Lipinski definition) is 1. The third-order valence-electron chi connectivity index (χ3n) is 4.62. The number of aromatic nitrogens is 2. The molecule has 0 spiro atoms. The maximum atomic E-state index is 10.3. The molecular weight excluding hydrogens is 326 g/mol. The number of nitrogens with zero attached hydrogens (tertiary/aromatic N) is 3. The summed E-state index contributed by atoms with van der Waals surface area (Å²) >= 11 is 0. The largest absolute Gasteiger partial charge is 0.438 e. The second-order valence-corrected chi connectivity index (χ2v) is 6.50. The second-order valence-electron chi connectivity index (χ2n) is 6.50. The zero-order chi connectivity index (χ0) is 17.8. The molecule has 5 nitrogen and oxygen atoms in total. The van der Waals surface area contributed by atoms with Crippen LogP contribution >= 0.6 is 0 Å². The van der Waals surface area contributed by atoms with Gasteiger partial charge in [-0.05, 0) is 35.2 Å². The van der Waals surface area contributed by atoms with Crippen molar-refractivity contribution in [1.82, 2.24) is 14.9 Å². The molecule has 26 heavy (non-hydrogen) atoms. The lowest BCUT2D eigenvalue weighted by atomic mass is 10.0. The van der Waals surface area contributed by atoms with Crippen LogP contribution in [0.2, 0.25) is 0 Å². The van der Waals surface area contributed by atoms with Gasteiger partial charge in [-0.1, -0.05) is 36.4 Å². The summed E-state index contributed by atoms with van der Waals surface area (Å²) in [6.45, 7) is 2.56. The van der Waals surface area contributed by atoms with Crippen LogP contribution in [-0.2, 0) is 13.1 Å². The average molecular weight is 347 g/mol. The van der Waals surface area contributed by atoms with Crippen LogP contribution in [0.15, 0.2) is 67.1 Å². The lowest BCUT2D eigenvalue weighted by Crippen LogP contribution is -2.22. The van der Waals surface area contributed by atoms with Crippen LogP contribution in [0.5, 0.6) is 11.6 Å². The van der Waals surface area contributed by atoms with Crippen LogP contribution in [0.4, 0.5) is 0 Å². The molecule has 1 N–H and O–H groups in total. The normalized spacial score (nSPS) is 17.3. The van der Waals surface area contributed by atoms with Gasteiger partial charge in [-0.2, -0.15) is 0 Å². The molecule has 5 heteroatoms. The maximum absolute atomic E-state index is 10.3. The van der Waals surface area contributed by atoms with Crippen LogP contribution < -0.4 is 4.74 Å². The van der Waals surface area contributed by atoms with Crippen LogP contribution in [0.25, 0.3) is 0 Å². The van der Waals surface area contributed by atoms with Gasteiger partial charge in [0.2, 0.25) is 5.88 Å². The zero-order valence-corrected chi connectivity index (χ0v) is 14.5. The summed E-state index contributed by atoms with van der Waals surface area (Å²) in [6.07, 6.45) is 5.19. The molecule has 0 aliphatic carbocycles. The van der Waals surface area contributed by atoms with Crippen molar-refractivity contribution in [2.45, 2.75) is 25.6 Å². The predicted molar refractivity (Wildman–Crippen MR) is 98.7 cm³/mol. The molecule has 132 valence electrons. The molecule has 3 aromatic rings. The minimum Gasteiger partial charge on any atom is -0.438 e. The van der Waals surface area contributed by atoms with Gasteiger partial charge in [0.05, 0.1) is 12.3 Å². The Bertz CT molecular complexity index is 853. The topological polar surface area (TPSA) is 58.5 Å². The minimum atomic E-state index is -0.376. The summed E-state index contributed by atoms with van der Waals surface area (Å²) in [6, 6.07) is 16.2. The van der Waals surface area contributed by atoms with Gasteiger partial charge in [0.25, 0.3) is 0 Å². The standard InChI is InChI=1S/C21H21N3O2/c25-20-9-12-24(15-17-3-1-2-4-19(17)20)14-16-5-7-18(8-6-16)26-21-13-22-10-11-23-21/h1-8,10-11,13,20,25H,9,12,14-15H2. The molecule has 2 aromatic carbocycles. The van der Waals surface area contributed by atoms with Gasteiger partial charge in [-0.25, -0.2) is 4.98 Å². The summed E-state index contributed by atoms with van der Waals surface area (Å²) in [5.41, 5.74) is 3.48. The first kappa shape index (κ1) is 16.7. The van der Waals surface area contributed by atoms with Crippen LogP contribution in [0.3, 0.4) is 0 Å². The molecule has 1 unspecified atom stereocenters. The van der Waals surface area contributed by atoms with E-state index < -0.39 is 0 Å². The fourth-order valence-corrected chi connectivity index (χ4v) is 3.30. The van der Waals surface area contributed by atoms with E-state index in [1.54, 1.807) is 18.6 Å². The van der Waals surface area contributed by atoms with Crippen LogP contribution in [-0.4, -0.2) is 26.5 Å². The van der Waals surface area contributed by atoms with Gasteiger partial charge in [0.15, 0.2) is 0 Å². The second kappa shape index (κ2) is 7.64. The molecule has 0 radical (unpaired) electrons. The third kappa shape index (κ3) is 3.90. The number of rotatable bonds is 4. The third-order valence-corrected chi connectivity index (χ3v) is 4.62. The monoisotopic (exact) mass is 347 g/mol. The Hall–Kier alpha value is -2.76. The summed E-state index contributed by atoms with van der Waals surface area (Å²) < 4.78 is 5.68.